The fourth-order valence-electron chi connectivity index (χ4n) is 1.69. The molecule has 0 aliphatic carbocycles. The molecule has 0 rings (SSSR count). The van der Waals surface area contributed by atoms with Crippen molar-refractivity contribution in [1.82, 2.24) is 0 Å². The van der Waals surface area contributed by atoms with Crippen LogP contribution in [-0.4, -0.2) is 62.5 Å². The Kier molecular flexibility index (Phi) is 9.56. The average Bonchev–Trinajstić information content (AvgIpc) is 2.41. The molecule has 23 heavy (non-hydrogen) atoms. The van der Waals surface area contributed by atoms with E-state index in [1.807, 2.05) is 0 Å². The lowest BCUT2D eigenvalue weighted by Gasteiger charge is -2.30. The molecule has 0 bridgehead atoms. The Morgan fingerprint density at radius 1 is 0.696 bits per heavy atom. The number of esters is 4. The molecule has 0 amide bonds. The van der Waals surface area contributed by atoms with E-state index in [1.54, 1.807) is 0 Å². The van der Waals surface area contributed by atoms with E-state index in [2.05, 4.69) is 0 Å². The summed E-state index contributed by atoms with van der Waals surface area (Å²) in [7, 11) is 1.31. The van der Waals surface area contributed by atoms with E-state index < -0.39 is 42.2 Å². The molecular formula is C14H22O9. The van der Waals surface area contributed by atoms with Crippen molar-refractivity contribution in [3.8, 4) is 0 Å². The van der Waals surface area contributed by atoms with Crippen molar-refractivity contribution in [2.75, 3.05) is 20.3 Å². The predicted molar refractivity (Wildman–Crippen MR) is 75.2 cm³/mol. The van der Waals surface area contributed by atoms with Gasteiger partial charge in [0, 0.05) is 34.8 Å². The van der Waals surface area contributed by atoms with Gasteiger partial charge < -0.3 is 23.7 Å². The fourth-order valence-corrected chi connectivity index (χ4v) is 1.69. The van der Waals surface area contributed by atoms with E-state index >= 15 is 0 Å². The van der Waals surface area contributed by atoms with Gasteiger partial charge in [0.05, 0.1) is 0 Å². The smallest absolute Gasteiger partial charge is 0.303 e. The van der Waals surface area contributed by atoms with Gasteiger partial charge in [0.2, 0.25) is 0 Å². The molecule has 0 aromatic carbocycles. The third kappa shape index (κ3) is 9.46. The van der Waals surface area contributed by atoms with Gasteiger partial charge in [-0.1, -0.05) is 0 Å². The molecule has 0 aliphatic heterocycles. The Bertz CT molecular complexity index is 432. The van der Waals surface area contributed by atoms with Crippen LogP contribution in [0.3, 0.4) is 0 Å². The quantitative estimate of drug-likeness (QED) is 0.424. The van der Waals surface area contributed by atoms with Gasteiger partial charge in [-0.05, 0) is 0 Å². The first-order valence-electron chi connectivity index (χ1n) is 6.81. The summed E-state index contributed by atoms with van der Waals surface area (Å²) >= 11 is 0. The molecule has 0 saturated heterocycles. The van der Waals surface area contributed by atoms with Crippen molar-refractivity contribution in [2.45, 2.75) is 46.0 Å². The molecule has 0 aromatic heterocycles. The van der Waals surface area contributed by atoms with Crippen molar-refractivity contribution in [3.63, 3.8) is 0 Å². The van der Waals surface area contributed by atoms with Gasteiger partial charge in [0.1, 0.15) is 19.3 Å². The zero-order chi connectivity index (χ0) is 18.0. The Balaban J connectivity index is 5.26. The maximum Gasteiger partial charge on any atom is 0.303 e. The van der Waals surface area contributed by atoms with Crippen LogP contribution in [0.1, 0.15) is 27.7 Å². The SMILES string of the molecule is COC(COC(C)=O)C(OC(C)=O)C(COC(C)=O)OC(C)=O. The number of hydrogen-bond acceptors (Lipinski definition) is 9. The molecule has 3 unspecified atom stereocenters. The van der Waals surface area contributed by atoms with E-state index in [0.29, 0.717) is 0 Å². The fraction of sp³-hybridized carbons (Fsp3) is 0.714. The molecule has 0 saturated carbocycles. The second-order valence-electron chi connectivity index (χ2n) is 4.60. The van der Waals surface area contributed by atoms with Crippen LogP contribution >= 0.6 is 0 Å². The van der Waals surface area contributed by atoms with Gasteiger partial charge in [-0.3, -0.25) is 19.2 Å². The molecule has 9 nitrogen and oxygen atoms in total. The molecule has 0 radical (unpaired) electrons. The summed E-state index contributed by atoms with van der Waals surface area (Å²) in [6.07, 6.45) is -3.15. The second-order valence-corrected chi connectivity index (χ2v) is 4.60. The highest BCUT2D eigenvalue weighted by Gasteiger charge is 2.36. The van der Waals surface area contributed by atoms with E-state index in [0.717, 1.165) is 13.8 Å². The molecular weight excluding hydrogens is 312 g/mol. The molecule has 0 aromatic rings. The van der Waals surface area contributed by atoms with Crippen molar-refractivity contribution >= 4 is 23.9 Å². The Labute approximate surface area is 134 Å². The minimum absolute atomic E-state index is 0.235. The lowest BCUT2D eigenvalue weighted by Crippen LogP contribution is -2.48. The average molecular weight is 334 g/mol. The topological polar surface area (TPSA) is 114 Å². The summed E-state index contributed by atoms with van der Waals surface area (Å²) in [4.78, 5) is 44.4. The zero-order valence-electron chi connectivity index (χ0n) is 13.8. The second kappa shape index (κ2) is 10.5. The van der Waals surface area contributed by atoms with Crippen molar-refractivity contribution in [2.24, 2.45) is 0 Å². The minimum atomic E-state index is -1.12. The van der Waals surface area contributed by atoms with E-state index in [-0.39, 0.29) is 13.2 Å². The molecule has 9 heteroatoms. The minimum Gasteiger partial charge on any atom is -0.463 e. The van der Waals surface area contributed by atoms with E-state index in [4.69, 9.17) is 23.7 Å². The highest BCUT2D eigenvalue weighted by molar-refractivity contribution is 5.68. The van der Waals surface area contributed by atoms with Gasteiger partial charge in [-0.15, -0.1) is 0 Å². The maximum absolute atomic E-state index is 11.3. The molecule has 0 aliphatic rings. The number of hydrogen-bond donors (Lipinski definition) is 0. The highest BCUT2D eigenvalue weighted by Crippen LogP contribution is 2.15. The van der Waals surface area contributed by atoms with Crippen molar-refractivity contribution < 1.29 is 42.9 Å². The van der Waals surface area contributed by atoms with Crippen LogP contribution in [0.15, 0.2) is 0 Å². The van der Waals surface area contributed by atoms with Crippen LogP contribution in [0.5, 0.6) is 0 Å². The van der Waals surface area contributed by atoms with Crippen molar-refractivity contribution in [1.29, 1.82) is 0 Å². The van der Waals surface area contributed by atoms with Crippen LogP contribution < -0.4 is 0 Å². The summed E-state index contributed by atoms with van der Waals surface area (Å²) in [6.45, 7) is 4.12. The third-order valence-corrected chi connectivity index (χ3v) is 2.56. The van der Waals surface area contributed by atoms with Crippen LogP contribution in [0.25, 0.3) is 0 Å². The Morgan fingerprint density at radius 2 is 1.13 bits per heavy atom. The summed E-state index contributed by atoms with van der Waals surface area (Å²) in [5.41, 5.74) is 0. The summed E-state index contributed by atoms with van der Waals surface area (Å²) in [6, 6.07) is 0. The van der Waals surface area contributed by atoms with Gasteiger partial charge in [-0.25, -0.2) is 0 Å². The highest BCUT2D eigenvalue weighted by atomic mass is 16.6. The van der Waals surface area contributed by atoms with Gasteiger partial charge in [0.15, 0.2) is 12.2 Å². The van der Waals surface area contributed by atoms with E-state index in [1.165, 1.54) is 21.0 Å². The third-order valence-electron chi connectivity index (χ3n) is 2.56. The number of carbonyl (C=O) groups is 4. The standard InChI is InChI=1S/C14H22O9/c1-8(15)20-6-12(19-5)14(23-11(4)18)13(22-10(3)17)7-21-9(2)16/h12-14H,6-7H2,1-5H3. The molecule has 0 fully saturated rings. The number of ether oxygens (including phenoxy) is 5. The predicted octanol–water partition coefficient (Wildman–Crippen LogP) is -0.00900. The Morgan fingerprint density at radius 3 is 1.48 bits per heavy atom. The number of methoxy groups -OCH3 is 1. The molecule has 0 N–H and O–H groups in total. The number of rotatable bonds is 9. The van der Waals surface area contributed by atoms with E-state index in [9.17, 15) is 19.2 Å². The first kappa shape index (κ1) is 20.8. The summed E-state index contributed by atoms with van der Waals surface area (Å²) in [5.74, 6) is -2.49. The molecule has 3 atom stereocenters. The van der Waals surface area contributed by atoms with Gasteiger partial charge in [-0.2, -0.15) is 0 Å². The summed E-state index contributed by atoms with van der Waals surface area (Å²) < 4.78 is 24.9. The number of carbonyl (C=O) groups excluding carboxylic acids is 4. The molecule has 0 heterocycles. The maximum atomic E-state index is 11.3. The molecule has 0 spiro atoms. The molecule has 132 valence electrons. The normalized spacial score (nSPS) is 14.1. The zero-order valence-corrected chi connectivity index (χ0v) is 13.8. The summed E-state index contributed by atoms with van der Waals surface area (Å²) in [5, 5.41) is 0. The van der Waals surface area contributed by atoms with Crippen LogP contribution in [-0.2, 0) is 42.9 Å². The Hall–Kier alpha value is -2.16. The lowest BCUT2D eigenvalue weighted by atomic mass is 10.1. The first-order valence-corrected chi connectivity index (χ1v) is 6.81. The van der Waals surface area contributed by atoms with Crippen LogP contribution in [0, 0.1) is 0 Å². The van der Waals surface area contributed by atoms with Crippen LogP contribution in [0.2, 0.25) is 0 Å². The van der Waals surface area contributed by atoms with Gasteiger partial charge >= 0.3 is 23.9 Å². The van der Waals surface area contributed by atoms with Crippen molar-refractivity contribution in [3.05, 3.63) is 0 Å². The first-order chi connectivity index (χ1) is 10.7. The monoisotopic (exact) mass is 334 g/mol. The lowest BCUT2D eigenvalue weighted by molar-refractivity contribution is -0.188. The largest absolute Gasteiger partial charge is 0.463 e. The van der Waals surface area contributed by atoms with Crippen LogP contribution in [0.4, 0.5) is 0 Å². The van der Waals surface area contributed by atoms with Gasteiger partial charge in [0.25, 0.3) is 0 Å².